The number of anilines is 1. The molecule has 2 N–H and O–H groups in total. The van der Waals surface area contributed by atoms with Gasteiger partial charge in [-0.1, -0.05) is 0 Å². The summed E-state index contributed by atoms with van der Waals surface area (Å²) >= 11 is 0. The Morgan fingerprint density at radius 1 is 1.77 bits per heavy atom. The zero-order valence-corrected chi connectivity index (χ0v) is 7.14. The SMILES string of the molecule is NCC1CC(=O)N(c2ncco2)C1. The van der Waals surface area contributed by atoms with Crippen molar-refractivity contribution in [3.63, 3.8) is 0 Å². The number of carbonyl (C=O) groups excluding carboxylic acids is 1. The summed E-state index contributed by atoms with van der Waals surface area (Å²) in [5.41, 5.74) is 5.48. The van der Waals surface area contributed by atoms with Crippen LogP contribution in [0.2, 0.25) is 0 Å². The summed E-state index contributed by atoms with van der Waals surface area (Å²) in [5, 5.41) is 0. The first-order valence-electron chi connectivity index (χ1n) is 4.21. The lowest BCUT2D eigenvalue weighted by Crippen LogP contribution is -2.25. The number of rotatable bonds is 2. The minimum absolute atomic E-state index is 0.0397. The highest BCUT2D eigenvalue weighted by Crippen LogP contribution is 2.22. The lowest BCUT2D eigenvalue weighted by atomic mass is 10.1. The van der Waals surface area contributed by atoms with Gasteiger partial charge in [-0.15, -0.1) is 0 Å². The van der Waals surface area contributed by atoms with Gasteiger partial charge in [0.1, 0.15) is 6.26 Å². The summed E-state index contributed by atoms with van der Waals surface area (Å²) in [5.74, 6) is 0.275. The topological polar surface area (TPSA) is 72.4 Å². The van der Waals surface area contributed by atoms with Gasteiger partial charge in [-0.05, 0) is 12.5 Å². The average Bonchev–Trinajstić information content (AvgIpc) is 2.72. The molecular formula is C8H11N3O2. The molecule has 1 unspecified atom stereocenters. The normalized spacial score (nSPS) is 22.7. The highest BCUT2D eigenvalue weighted by atomic mass is 16.4. The smallest absolute Gasteiger partial charge is 0.303 e. The number of nitrogens with zero attached hydrogens (tertiary/aromatic N) is 2. The standard InChI is InChI=1S/C8H11N3O2/c9-4-6-3-7(12)11(5-6)8-10-1-2-13-8/h1-2,6H,3-5,9H2. The molecule has 1 aromatic rings. The van der Waals surface area contributed by atoms with Gasteiger partial charge >= 0.3 is 6.01 Å². The lowest BCUT2D eigenvalue weighted by Gasteiger charge is -2.10. The van der Waals surface area contributed by atoms with Crippen molar-refractivity contribution in [3.05, 3.63) is 12.5 Å². The molecule has 2 heterocycles. The maximum absolute atomic E-state index is 11.4. The predicted octanol–water partition coefficient (Wildman–Crippen LogP) is -0.0138. The second-order valence-corrected chi connectivity index (χ2v) is 3.12. The van der Waals surface area contributed by atoms with Crippen molar-refractivity contribution >= 4 is 11.9 Å². The third kappa shape index (κ3) is 1.42. The summed E-state index contributed by atoms with van der Waals surface area (Å²) in [6, 6.07) is 0.376. The van der Waals surface area contributed by atoms with Crippen molar-refractivity contribution in [2.24, 2.45) is 11.7 Å². The van der Waals surface area contributed by atoms with Gasteiger partial charge < -0.3 is 10.2 Å². The number of amides is 1. The van der Waals surface area contributed by atoms with Crippen LogP contribution in [0.15, 0.2) is 16.9 Å². The average molecular weight is 181 g/mol. The Morgan fingerprint density at radius 3 is 3.15 bits per heavy atom. The molecule has 0 saturated carbocycles. The van der Waals surface area contributed by atoms with Crippen LogP contribution < -0.4 is 10.6 Å². The van der Waals surface area contributed by atoms with E-state index in [1.165, 1.54) is 17.4 Å². The first-order valence-corrected chi connectivity index (χ1v) is 4.21. The van der Waals surface area contributed by atoms with E-state index in [-0.39, 0.29) is 11.8 Å². The van der Waals surface area contributed by atoms with Crippen molar-refractivity contribution in [3.8, 4) is 0 Å². The van der Waals surface area contributed by atoms with E-state index in [0.717, 1.165) is 0 Å². The van der Waals surface area contributed by atoms with Gasteiger partial charge in [0.05, 0.1) is 6.20 Å². The van der Waals surface area contributed by atoms with Crippen LogP contribution in [0, 0.1) is 5.92 Å². The van der Waals surface area contributed by atoms with Crippen LogP contribution in [0.5, 0.6) is 0 Å². The van der Waals surface area contributed by atoms with Crippen molar-refractivity contribution in [2.45, 2.75) is 6.42 Å². The van der Waals surface area contributed by atoms with Crippen LogP contribution in [-0.4, -0.2) is 24.0 Å². The van der Waals surface area contributed by atoms with E-state index < -0.39 is 0 Å². The number of hydrogen-bond donors (Lipinski definition) is 1. The number of carbonyl (C=O) groups is 1. The van der Waals surface area contributed by atoms with Gasteiger partial charge in [-0.3, -0.25) is 9.69 Å². The van der Waals surface area contributed by atoms with E-state index in [0.29, 0.717) is 25.5 Å². The monoisotopic (exact) mass is 181 g/mol. The lowest BCUT2D eigenvalue weighted by molar-refractivity contribution is -0.117. The Balaban J connectivity index is 2.14. The third-order valence-corrected chi connectivity index (χ3v) is 2.19. The van der Waals surface area contributed by atoms with Crippen LogP contribution in [0.25, 0.3) is 0 Å². The van der Waals surface area contributed by atoms with E-state index in [1.807, 2.05) is 0 Å². The molecule has 0 aliphatic carbocycles. The molecule has 13 heavy (non-hydrogen) atoms. The van der Waals surface area contributed by atoms with Crippen LogP contribution >= 0.6 is 0 Å². The Kier molecular flexibility index (Phi) is 2.02. The first-order chi connectivity index (χ1) is 6.31. The molecule has 0 aromatic carbocycles. The molecule has 0 bridgehead atoms. The molecule has 0 radical (unpaired) electrons. The van der Waals surface area contributed by atoms with E-state index in [1.54, 1.807) is 0 Å². The molecule has 2 rings (SSSR count). The summed E-state index contributed by atoms with van der Waals surface area (Å²) in [4.78, 5) is 16.9. The fourth-order valence-electron chi connectivity index (χ4n) is 1.47. The van der Waals surface area contributed by atoms with Crippen molar-refractivity contribution in [2.75, 3.05) is 18.0 Å². The molecule has 1 atom stereocenters. The van der Waals surface area contributed by atoms with Gasteiger partial charge in [0.2, 0.25) is 5.91 Å². The van der Waals surface area contributed by atoms with Gasteiger partial charge in [0.15, 0.2) is 0 Å². The van der Waals surface area contributed by atoms with Crippen LogP contribution in [0.3, 0.4) is 0 Å². The molecule has 1 aliphatic rings. The largest absolute Gasteiger partial charge is 0.432 e. The minimum Gasteiger partial charge on any atom is -0.432 e. The second kappa shape index (κ2) is 3.18. The maximum Gasteiger partial charge on any atom is 0.303 e. The molecule has 70 valence electrons. The van der Waals surface area contributed by atoms with Crippen molar-refractivity contribution < 1.29 is 9.21 Å². The Morgan fingerprint density at radius 2 is 2.62 bits per heavy atom. The van der Waals surface area contributed by atoms with Gasteiger partial charge in [-0.25, -0.2) is 4.98 Å². The molecule has 1 amide bonds. The summed E-state index contributed by atoms with van der Waals surface area (Å²) in [6.45, 7) is 1.15. The van der Waals surface area contributed by atoms with E-state index in [9.17, 15) is 4.79 Å². The van der Waals surface area contributed by atoms with Gasteiger partial charge in [-0.2, -0.15) is 0 Å². The Labute approximate surface area is 75.5 Å². The maximum atomic E-state index is 11.4. The first kappa shape index (κ1) is 8.25. The van der Waals surface area contributed by atoms with Crippen LogP contribution in [0.1, 0.15) is 6.42 Å². The number of oxazole rings is 1. The van der Waals surface area contributed by atoms with Gasteiger partial charge in [0.25, 0.3) is 0 Å². The number of aromatic nitrogens is 1. The summed E-state index contributed by atoms with van der Waals surface area (Å²) in [6.07, 6.45) is 3.48. The predicted molar refractivity (Wildman–Crippen MR) is 46.0 cm³/mol. The Hall–Kier alpha value is -1.36. The van der Waals surface area contributed by atoms with Gasteiger partial charge in [0, 0.05) is 13.0 Å². The zero-order valence-electron chi connectivity index (χ0n) is 7.14. The van der Waals surface area contributed by atoms with Crippen molar-refractivity contribution in [1.29, 1.82) is 0 Å². The summed E-state index contributed by atoms with van der Waals surface area (Å²) < 4.78 is 5.03. The molecule has 0 spiro atoms. The number of hydrogen-bond acceptors (Lipinski definition) is 4. The second-order valence-electron chi connectivity index (χ2n) is 3.12. The molecule has 1 aliphatic heterocycles. The zero-order chi connectivity index (χ0) is 9.26. The van der Waals surface area contributed by atoms with Crippen LogP contribution in [-0.2, 0) is 4.79 Å². The summed E-state index contributed by atoms with van der Waals surface area (Å²) in [7, 11) is 0. The highest BCUT2D eigenvalue weighted by molar-refractivity contribution is 5.93. The molecule has 1 aromatic heterocycles. The van der Waals surface area contributed by atoms with Crippen LogP contribution in [0.4, 0.5) is 6.01 Å². The fraction of sp³-hybridized carbons (Fsp3) is 0.500. The molecule has 1 fully saturated rings. The van der Waals surface area contributed by atoms with Crippen molar-refractivity contribution in [1.82, 2.24) is 4.98 Å². The fourth-order valence-corrected chi connectivity index (χ4v) is 1.47. The molecule has 5 heteroatoms. The third-order valence-electron chi connectivity index (χ3n) is 2.19. The molecular weight excluding hydrogens is 170 g/mol. The van der Waals surface area contributed by atoms with E-state index >= 15 is 0 Å². The minimum atomic E-state index is 0.0397. The Bertz CT molecular complexity index is 296. The number of nitrogens with two attached hydrogens (primary N) is 1. The molecule has 1 saturated heterocycles. The van der Waals surface area contributed by atoms with E-state index in [2.05, 4.69) is 4.98 Å². The quantitative estimate of drug-likeness (QED) is 0.696. The molecule has 5 nitrogen and oxygen atoms in total. The van der Waals surface area contributed by atoms with E-state index in [4.69, 9.17) is 10.2 Å². The highest BCUT2D eigenvalue weighted by Gasteiger charge is 2.31.